The van der Waals surface area contributed by atoms with Gasteiger partial charge in [-0.2, -0.15) is 0 Å². The fraction of sp³-hybridized carbons (Fsp3) is 0.381. The van der Waals surface area contributed by atoms with E-state index in [1.54, 1.807) is 0 Å². The maximum absolute atomic E-state index is 5.73. The number of hydrogen-bond donors (Lipinski definition) is 0. The van der Waals surface area contributed by atoms with E-state index in [1.165, 1.54) is 23.5 Å². The van der Waals surface area contributed by atoms with Crippen LogP contribution in [-0.4, -0.2) is 21.7 Å². The van der Waals surface area contributed by atoms with Crippen LogP contribution >= 0.6 is 11.8 Å². The summed E-state index contributed by atoms with van der Waals surface area (Å²) in [6, 6.07) is 12.5. The Morgan fingerprint density at radius 1 is 0.960 bits per heavy atom. The lowest BCUT2D eigenvalue weighted by molar-refractivity contribution is 0.309. The quantitative estimate of drug-likeness (QED) is 0.344. The Kier molecular flexibility index (Phi) is 6.40. The van der Waals surface area contributed by atoms with E-state index in [1.807, 2.05) is 23.9 Å². The van der Waals surface area contributed by atoms with Crippen LogP contribution in [0.1, 0.15) is 39.5 Å². The zero-order valence-electron chi connectivity index (χ0n) is 15.1. The number of unbranched alkanes of at least 4 members (excludes halogenated alkanes) is 2. The first-order valence-corrected chi connectivity index (χ1v) is 10.1. The molecular weight excluding hydrogens is 328 g/mol. The van der Waals surface area contributed by atoms with Crippen LogP contribution in [0.25, 0.3) is 16.9 Å². The van der Waals surface area contributed by atoms with E-state index in [0.717, 1.165) is 42.1 Å². The Labute approximate surface area is 154 Å². The van der Waals surface area contributed by atoms with Crippen molar-refractivity contribution in [2.75, 3.05) is 12.4 Å². The lowest BCUT2D eigenvalue weighted by Gasteiger charge is -2.05. The van der Waals surface area contributed by atoms with Crippen molar-refractivity contribution in [1.29, 1.82) is 0 Å². The van der Waals surface area contributed by atoms with Crippen molar-refractivity contribution in [1.82, 2.24) is 9.38 Å². The number of imidazole rings is 1. The minimum absolute atomic E-state index is 0.780. The first-order valence-electron chi connectivity index (χ1n) is 9.15. The van der Waals surface area contributed by atoms with Gasteiger partial charge in [0.25, 0.3) is 0 Å². The Hall–Kier alpha value is -1.94. The van der Waals surface area contributed by atoms with Gasteiger partial charge in [0.1, 0.15) is 11.4 Å². The molecular formula is C21H26N2OS. The van der Waals surface area contributed by atoms with Gasteiger partial charge >= 0.3 is 0 Å². The first-order chi connectivity index (χ1) is 12.3. The summed E-state index contributed by atoms with van der Waals surface area (Å²) in [6.45, 7) is 5.18. The second-order valence-electron chi connectivity index (χ2n) is 6.18. The molecule has 0 aliphatic rings. The molecule has 3 rings (SSSR count). The maximum Gasteiger partial charge on any atom is 0.137 e. The van der Waals surface area contributed by atoms with Crippen molar-refractivity contribution < 1.29 is 4.74 Å². The number of fused-ring (bicyclic) bond motifs is 1. The highest BCUT2D eigenvalue weighted by molar-refractivity contribution is 7.99. The molecule has 0 fully saturated rings. The lowest BCUT2D eigenvalue weighted by atomic mass is 10.2. The molecule has 0 unspecified atom stereocenters. The second-order valence-corrected chi connectivity index (χ2v) is 7.35. The highest BCUT2D eigenvalue weighted by Crippen LogP contribution is 2.25. The van der Waals surface area contributed by atoms with Crippen LogP contribution in [0.2, 0.25) is 0 Å². The summed E-state index contributed by atoms with van der Waals surface area (Å²) in [5.41, 5.74) is 3.10. The van der Waals surface area contributed by atoms with Crippen molar-refractivity contribution in [2.24, 2.45) is 0 Å². The topological polar surface area (TPSA) is 26.5 Å². The first kappa shape index (κ1) is 17.9. The average Bonchev–Trinajstić information content (AvgIpc) is 3.06. The Morgan fingerprint density at radius 2 is 1.76 bits per heavy atom. The predicted molar refractivity (Wildman–Crippen MR) is 107 cm³/mol. The molecule has 0 saturated heterocycles. The molecule has 2 heterocycles. The van der Waals surface area contributed by atoms with E-state index < -0.39 is 0 Å². The second kappa shape index (κ2) is 8.95. The number of pyridine rings is 1. The summed E-state index contributed by atoms with van der Waals surface area (Å²) < 4.78 is 7.85. The number of nitrogens with zero attached hydrogens (tertiary/aromatic N) is 2. The molecule has 0 aliphatic heterocycles. The van der Waals surface area contributed by atoms with Crippen molar-refractivity contribution >= 4 is 17.4 Å². The number of benzene rings is 1. The van der Waals surface area contributed by atoms with Gasteiger partial charge in [0.15, 0.2) is 0 Å². The fourth-order valence-electron chi connectivity index (χ4n) is 2.59. The SMILES string of the molecule is CCCCOc1ccc(-c2cn3cc(SCCCC)ccc3n2)cc1. The van der Waals surface area contributed by atoms with E-state index in [2.05, 4.69) is 54.9 Å². The predicted octanol–water partition coefficient (Wildman–Crippen LogP) is 6.07. The monoisotopic (exact) mass is 354 g/mol. The van der Waals surface area contributed by atoms with Crippen LogP contribution < -0.4 is 4.74 Å². The van der Waals surface area contributed by atoms with E-state index in [-0.39, 0.29) is 0 Å². The molecule has 0 radical (unpaired) electrons. The summed E-state index contributed by atoms with van der Waals surface area (Å²) in [5, 5.41) is 0. The molecule has 0 spiro atoms. The molecule has 0 N–H and O–H groups in total. The van der Waals surface area contributed by atoms with Crippen LogP contribution in [0, 0.1) is 0 Å². The van der Waals surface area contributed by atoms with Gasteiger partial charge in [0.2, 0.25) is 0 Å². The highest BCUT2D eigenvalue weighted by atomic mass is 32.2. The van der Waals surface area contributed by atoms with E-state index in [4.69, 9.17) is 9.72 Å². The maximum atomic E-state index is 5.73. The molecule has 0 aliphatic carbocycles. The van der Waals surface area contributed by atoms with Crippen molar-refractivity contribution in [2.45, 2.75) is 44.4 Å². The molecule has 25 heavy (non-hydrogen) atoms. The van der Waals surface area contributed by atoms with Crippen molar-refractivity contribution in [3.8, 4) is 17.0 Å². The van der Waals surface area contributed by atoms with Gasteiger partial charge in [0, 0.05) is 22.9 Å². The molecule has 0 bridgehead atoms. The Morgan fingerprint density at radius 3 is 2.52 bits per heavy atom. The number of hydrogen-bond acceptors (Lipinski definition) is 3. The van der Waals surface area contributed by atoms with Crippen LogP contribution in [0.3, 0.4) is 0 Å². The average molecular weight is 355 g/mol. The largest absolute Gasteiger partial charge is 0.494 e. The van der Waals surface area contributed by atoms with Gasteiger partial charge in [-0.3, -0.25) is 0 Å². The van der Waals surface area contributed by atoms with Crippen LogP contribution in [0.4, 0.5) is 0 Å². The smallest absolute Gasteiger partial charge is 0.137 e. The number of rotatable bonds is 9. The molecule has 0 atom stereocenters. The van der Waals surface area contributed by atoms with Crippen molar-refractivity contribution in [3.05, 3.63) is 48.8 Å². The standard InChI is InChI=1S/C21H26N2OS/c1-3-5-13-24-18-9-7-17(8-10-18)20-16-23-15-19(25-14-6-4-2)11-12-21(23)22-20/h7-12,15-16H,3-6,13-14H2,1-2H3. The number of thioether (sulfide) groups is 1. The molecule has 0 saturated carbocycles. The third-order valence-corrected chi connectivity index (χ3v) is 5.17. The fourth-order valence-corrected chi connectivity index (χ4v) is 3.61. The van der Waals surface area contributed by atoms with Crippen LogP contribution in [-0.2, 0) is 0 Å². The highest BCUT2D eigenvalue weighted by Gasteiger charge is 2.06. The zero-order chi connectivity index (χ0) is 17.5. The summed E-state index contributed by atoms with van der Waals surface area (Å²) >= 11 is 1.91. The number of aromatic nitrogens is 2. The summed E-state index contributed by atoms with van der Waals surface area (Å²) in [4.78, 5) is 6.03. The van der Waals surface area contributed by atoms with Gasteiger partial charge in [-0.25, -0.2) is 4.98 Å². The van der Waals surface area contributed by atoms with Gasteiger partial charge < -0.3 is 9.14 Å². The van der Waals surface area contributed by atoms with Gasteiger partial charge in [0.05, 0.1) is 12.3 Å². The molecule has 3 nitrogen and oxygen atoms in total. The Bertz CT molecular complexity index is 795. The summed E-state index contributed by atoms with van der Waals surface area (Å²) in [6.07, 6.45) is 9.01. The van der Waals surface area contributed by atoms with Crippen molar-refractivity contribution in [3.63, 3.8) is 0 Å². The van der Waals surface area contributed by atoms with E-state index in [0.29, 0.717) is 0 Å². The van der Waals surface area contributed by atoms with Gasteiger partial charge in [-0.15, -0.1) is 11.8 Å². The molecule has 0 amide bonds. The lowest BCUT2D eigenvalue weighted by Crippen LogP contribution is -1.95. The molecule has 4 heteroatoms. The summed E-state index contributed by atoms with van der Waals surface area (Å²) in [5.74, 6) is 2.10. The van der Waals surface area contributed by atoms with Gasteiger partial charge in [-0.05, 0) is 55.0 Å². The molecule has 132 valence electrons. The third-order valence-electron chi connectivity index (χ3n) is 4.11. The summed E-state index contributed by atoms with van der Waals surface area (Å²) in [7, 11) is 0. The van der Waals surface area contributed by atoms with Crippen LogP contribution in [0.15, 0.2) is 53.7 Å². The number of ether oxygens (including phenoxy) is 1. The molecule has 1 aromatic carbocycles. The minimum Gasteiger partial charge on any atom is -0.494 e. The minimum atomic E-state index is 0.780. The van der Waals surface area contributed by atoms with E-state index >= 15 is 0 Å². The Balaban J connectivity index is 1.72. The van der Waals surface area contributed by atoms with E-state index in [9.17, 15) is 0 Å². The molecule has 2 aromatic heterocycles. The third kappa shape index (κ3) is 4.79. The van der Waals surface area contributed by atoms with Gasteiger partial charge in [-0.1, -0.05) is 26.7 Å². The van der Waals surface area contributed by atoms with Crippen LogP contribution in [0.5, 0.6) is 5.75 Å². The normalized spacial score (nSPS) is 11.1. The molecule has 3 aromatic rings. The zero-order valence-corrected chi connectivity index (χ0v) is 15.9.